The number of alkyl halides is 2. The van der Waals surface area contributed by atoms with Crippen LogP contribution in [0.25, 0.3) is 11.0 Å². The molecule has 1 N–H and O–H groups in total. The van der Waals surface area contributed by atoms with E-state index in [2.05, 4.69) is 5.09 Å². The molecular weight excluding hydrogens is 372 g/mol. The summed E-state index contributed by atoms with van der Waals surface area (Å²) >= 11 is 11.4. The first-order valence-electron chi connectivity index (χ1n) is 7.69. The van der Waals surface area contributed by atoms with Gasteiger partial charge in [-0.15, -0.1) is 23.2 Å². The monoisotopic (exact) mass is 393 g/mol. The van der Waals surface area contributed by atoms with Gasteiger partial charge in [-0.2, -0.15) is 0 Å². The Hall–Kier alpha value is -0.710. The predicted octanol–water partition coefficient (Wildman–Crippen LogP) is 4.92. The van der Waals surface area contributed by atoms with Gasteiger partial charge < -0.3 is 13.7 Å². The van der Waals surface area contributed by atoms with Crippen LogP contribution in [0.5, 0.6) is 5.75 Å². The summed E-state index contributed by atoms with van der Waals surface area (Å²) in [5.41, 5.74) is 1.73. The maximum Gasteiger partial charge on any atom is 0.270 e. The quantitative estimate of drug-likeness (QED) is 0.458. The Morgan fingerprint density at radius 1 is 1.25 bits per heavy atom. The maximum absolute atomic E-state index is 12.8. The van der Waals surface area contributed by atoms with Gasteiger partial charge in [-0.3, -0.25) is 4.57 Å². The van der Waals surface area contributed by atoms with E-state index in [9.17, 15) is 4.57 Å². The second-order valence-corrected chi connectivity index (χ2v) is 8.53. The molecular formula is C16H22Cl2NO4P. The molecule has 0 spiro atoms. The fourth-order valence-electron chi connectivity index (χ4n) is 2.38. The number of rotatable bonds is 10. The number of halogens is 2. The molecule has 0 aliphatic heterocycles. The van der Waals surface area contributed by atoms with Crippen LogP contribution in [0.3, 0.4) is 0 Å². The van der Waals surface area contributed by atoms with Crippen LogP contribution in [0.1, 0.15) is 17.7 Å². The van der Waals surface area contributed by atoms with Gasteiger partial charge in [0.15, 0.2) is 11.3 Å². The Labute approximate surface area is 152 Å². The number of nitrogens with one attached hydrogen (secondary N) is 1. The van der Waals surface area contributed by atoms with Crippen LogP contribution in [0.4, 0.5) is 0 Å². The van der Waals surface area contributed by atoms with Crippen LogP contribution in [0, 0.1) is 6.92 Å². The molecule has 0 aliphatic rings. The third-order valence-electron chi connectivity index (χ3n) is 3.45. The van der Waals surface area contributed by atoms with E-state index < -0.39 is 7.52 Å². The Morgan fingerprint density at radius 2 is 2.04 bits per heavy atom. The van der Waals surface area contributed by atoms with E-state index in [-0.39, 0.29) is 6.61 Å². The normalized spacial score (nSPS) is 14.0. The Kier molecular flexibility index (Phi) is 7.45. The zero-order valence-electron chi connectivity index (χ0n) is 13.8. The minimum atomic E-state index is -3.00. The number of fused-ring (bicyclic) bond motifs is 1. The maximum atomic E-state index is 12.8. The summed E-state index contributed by atoms with van der Waals surface area (Å²) in [5, 5.41) is 3.82. The average Bonchev–Trinajstić information content (AvgIpc) is 2.98. The first kappa shape index (κ1) is 19.6. The largest absolute Gasteiger partial charge is 0.493 e. The van der Waals surface area contributed by atoms with Crippen LogP contribution in [-0.2, 0) is 15.7 Å². The lowest BCUT2D eigenvalue weighted by atomic mass is 10.1. The molecule has 0 saturated heterocycles. The average molecular weight is 394 g/mol. The number of hydrogen-bond donors (Lipinski definition) is 1. The lowest BCUT2D eigenvalue weighted by molar-refractivity contribution is 0.267. The van der Waals surface area contributed by atoms with Crippen molar-refractivity contribution in [3.63, 3.8) is 0 Å². The molecule has 1 atom stereocenters. The second kappa shape index (κ2) is 9.12. The minimum absolute atomic E-state index is 0.103. The van der Waals surface area contributed by atoms with Gasteiger partial charge in [-0.05, 0) is 37.1 Å². The van der Waals surface area contributed by atoms with Crippen LogP contribution >= 0.6 is 30.7 Å². The van der Waals surface area contributed by atoms with E-state index in [1.807, 2.05) is 25.1 Å². The van der Waals surface area contributed by atoms with Gasteiger partial charge in [0.2, 0.25) is 0 Å². The third-order valence-corrected chi connectivity index (χ3v) is 6.06. The van der Waals surface area contributed by atoms with Crippen LogP contribution in [0.2, 0.25) is 0 Å². The van der Waals surface area contributed by atoms with Crippen molar-refractivity contribution in [2.45, 2.75) is 20.0 Å². The summed E-state index contributed by atoms with van der Waals surface area (Å²) in [6.45, 7) is 2.50. The summed E-state index contributed by atoms with van der Waals surface area (Å²) in [4.78, 5) is 0. The van der Waals surface area contributed by atoms with Crippen LogP contribution in [0.15, 0.2) is 22.6 Å². The lowest BCUT2D eigenvalue weighted by Crippen LogP contribution is -2.17. The Balaban J connectivity index is 2.14. The van der Waals surface area contributed by atoms with Gasteiger partial charge in [0.1, 0.15) is 12.4 Å². The molecule has 2 rings (SSSR count). The van der Waals surface area contributed by atoms with Gasteiger partial charge in [-0.25, -0.2) is 5.09 Å². The van der Waals surface area contributed by atoms with Crippen molar-refractivity contribution in [3.8, 4) is 5.75 Å². The molecule has 1 heterocycles. The summed E-state index contributed by atoms with van der Waals surface area (Å²) < 4.78 is 29.6. The minimum Gasteiger partial charge on any atom is -0.493 e. The Bertz CT molecular complexity index is 707. The summed E-state index contributed by atoms with van der Waals surface area (Å²) in [6, 6.07) is 5.78. The first-order chi connectivity index (χ1) is 11.5. The number of methoxy groups -OCH3 is 1. The molecule has 0 saturated carbocycles. The molecule has 24 heavy (non-hydrogen) atoms. The van der Waals surface area contributed by atoms with E-state index in [1.165, 1.54) is 0 Å². The van der Waals surface area contributed by atoms with Crippen molar-refractivity contribution in [1.82, 2.24) is 5.09 Å². The summed E-state index contributed by atoms with van der Waals surface area (Å²) in [7, 11) is -1.40. The first-order valence-corrected chi connectivity index (χ1v) is 10.6. The molecule has 0 bridgehead atoms. The molecule has 0 aliphatic carbocycles. The number of ether oxygens (including phenoxy) is 1. The van der Waals surface area contributed by atoms with Crippen molar-refractivity contribution in [1.29, 1.82) is 0 Å². The number of hydrogen-bond acceptors (Lipinski definition) is 4. The highest BCUT2D eigenvalue weighted by atomic mass is 35.5. The fourth-order valence-corrected chi connectivity index (χ4v) is 4.67. The van der Waals surface area contributed by atoms with Crippen molar-refractivity contribution in [2.75, 3.05) is 31.6 Å². The van der Waals surface area contributed by atoms with E-state index in [0.29, 0.717) is 48.0 Å². The van der Waals surface area contributed by atoms with Gasteiger partial charge >= 0.3 is 0 Å². The van der Waals surface area contributed by atoms with Crippen molar-refractivity contribution in [2.24, 2.45) is 0 Å². The molecule has 0 radical (unpaired) electrons. The topological polar surface area (TPSA) is 60.7 Å². The van der Waals surface area contributed by atoms with Gasteiger partial charge in [-0.1, -0.05) is 0 Å². The van der Waals surface area contributed by atoms with E-state index >= 15 is 0 Å². The second-order valence-electron chi connectivity index (χ2n) is 5.41. The van der Waals surface area contributed by atoms with Crippen molar-refractivity contribution < 1.29 is 18.2 Å². The Morgan fingerprint density at radius 3 is 2.71 bits per heavy atom. The zero-order valence-corrected chi connectivity index (χ0v) is 16.2. The van der Waals surface area contributed by atoms with Gasteiger partial charge in [0, 0.05) is 29.9 Å². The zero-order chi connectivity index (χ0) is 17.6. The van der Waals surface area contributed by atoms with E-state index in [4.69, 9.17) is 36.9 Å². The third kappa shape index (κ3) is 5.14. The number of benzene rings is 1. The SMILES string of the molecule is COc1cc(C)cc2cc(COP(=O)(CCCCl)NCCCl)oc12. The highest BCUT2D eigenvalue weighted by molar-refractivity contribution is 7.56. The lowest BCUT2D eigenvalue weighted by Gasteiger charge is -2.18. The number of aryl methyl sites for hydroxylation is 1. The highest BCUT2D eigenvalue weighted by Crippen LogP contribution is 2.44. The molecule has 8 heteroatoms. The molecule has 0 amide bonds. The predicted molar refractivity (Wildman–Crippen MR) is 98.8 cm³/mol. The molecule has 134 valence electrons. The van der Waals surface area contributed by atoms with Crippen molar-refractivity contribution >= 4 is 41.7 Å². The number of furan rings is 1. The highest BCUT2D eigenvalue weighted by Gasteiger charge is 2.23. The van der Waals surface area contributed by atoms with Gasteiger partial charge in [0.25, 0.3) is 7.52 Å². The summed E-state index contributed by atoms with van der Waals surface area (Å²) in [6.07, 6.45) is 0.956. The molecule has 5 nitrogen and oxygen atoms in total. The molecule has 1 aromatic carbocycles. The van der Waals surface area contributed by atoms with Gasteiger partial charge in [0.05, 0.1) is 7.11 Å². The molecule has 0 fully saturated rings. The molecule has 1 unspecified atom stereocenters. The van der Waals surface area contributed by atoms with Crippen molar-refractivity contribution in [3.05, 3.63) is 29.5 Å². The fraction of sp³-hybridized carbons (Fsp3) is 0.500. The summed E-state index contributed by atoms with van der Waals surface area (Å²) in [5.74, 6) is 2.04. The van der Waals surface area contributed by atoms with Crippen LogP contribution < -0.4 is 9.82 Å². The van der Waals surface area contributed by atoms with E-state index in [0.717, 1.165) is 10.9 Å². The molecule has 1 aromatic heterocycles. The van der Waals surface area contributed by atoms with Crippen LogP contribution in [-0.4, -0.2) is 31.6 Å². The van der Waals surface area contributed by atoms with E-state index in [1.54, 1.807) is 7.11 Å². The standard InChI is InChI=1S/C16H22Cl2NO4P/c1-12-8-13-10-14(23-16(13)15(9-12)21-2)11-22-24(20,7-3-4-17)19-6-5-18/h8-10H,3-7,11H2,1-2H3,(H,19,20). The smallest absolute Gasteiger partial charge is 0.270 e. The molecule has 2 aromatic rings.